The van der Waals surface area contributed by atoms with E-state index in [1.807, 2.05) is 4.90 Å². The van der Waals surface area contributed by atoms with Crippen molar-refractivity contribution in [1.29, 1.82) is 0 Å². The van der Waals surface area contributed by atoms with Crippen LogP contribution in [-0.4, -0.2) is 17.9 Å². The molecule has 0 saturated carbocycles. The molecule has 1 aliphatic heterocycles. The normalized spacial score (nSPS) is 19.1. The maximum Gasteiger partial charge on any atom is 0.213 e. The molecule has 1 amide bonds. The van der Waals surface area contributed by atoms with Gasteiger partial charge in [-0.3, -0.25) is 4.79 Å². The van der Waals surface area contributed by atoms with Gasteiger partial charge in [0.15, 0.2) is 0 Å². The average molecular weight is 213 g/mol. The quantitative estimate of drug-likeness (QED) is 0.657. The molecule has 0 radical (unpaired) electrons. The Kier molecular flexibility index (Phi) is 2.28. The van der Waals surface area contributed by atoms with E-state index in [1.165, 1.54) is 22.4 Å². The molecule has 0 spiro atoms. The highest BCUT2D eigenvalue weighted by molar-refractivity contribution is 5.76. The first-order valence-corrected chi connectivity index (χ1v) is 5.92. The van der Waals surface area contributed by atoms with Crippen LogP contribution < -0.4 is 0 Å². The number of amides is 1. The molecule has 1 aliphatic carbocycles. The number of carbonyl (C=O) groups excluding carboxylic acids is 1. The molecular formula is C14H15NO. The second-order valence-corrected chi connectivity index (χ2v) is 4.48. The van der Waals surface area contributed by atoms with Crippen LogP contribution in [-0.2, 0) is 11.2 Å². The molecule has 1 heterocycles. The van der Waals surface area contributed by atoms with Gasteiger partial charge in [-0.25, -0.2) is 0 Å². The van der Waals surface area contributed by atoms with Crippen LogP contribution in [0.15, 0.2) is 30.0 Å². The van der Waals surface area contributed by atoms with E-state index in [4.69, 9.17) is 0 Å². The van der Waals surface area contributed by atoms with Crippen LogP contribution in [0.4, 0.5) is 0 Å². The lowest BCUT2D eigenvalue weighted by molar-refractivity contribution is -0.116. The molecule has 0 fully saturated rings. The van der Waals surface area contributed by atoms with Crippen molar-refractivity contribution in [2.75, 3.05) is 6.54 Å². The second-order valence-electron chi connectivity index (χ2n) is 4.48. The molecule has 0 N–H and O–H groups in total. The van der Waals surface area contributed by atoms with Gasteiger partial charge in [0.05, 0.1) is 0 Å². The highest BCUT2D eigenvalue weighted by atomic mass is 16.1. The molecule has 2 nitrogen and oxygen atoms in total. The van der Waals surface area contributed by atoms with Gasteiger partial charge in [0, 0.05) is 12.2 Å². The number of benzene rings is 1. The van der Waals surface area contributed by atoms with Crippen molar-refractivity contribution < 1.29 is 4.79 Å². The van der Waals surface area contributed by atoms with Crippen LogP contribution in [0.5, 0.6) is 0 Å². The Morgan fingerprint density at radius 2 is 2.00 bits per heavy atom. The topological polar surface area (TPSA) is 20.3 Å². The van der Waals surface area contributed by atoms with E-state index in [0.717, 1.165) is 38.6 Å². The van der Waals surface area contributed by atoms with Gasteiger partial charge in [0.2, 0.25) is 6.41 Å². The fourth-order valence-electron chi connectivity index (χ4n) is 2.87. The van der Waals surface area contributed by atoms with Gasteiger partial charge in [0.1, 0.15) is 0 Å². The highest BCUT2D eigenvalue weighted by Gasteiger charge is 2.25. The lowest BCUT2D eigenvalue weighted by Crippen LogP contribution is -2.29. The van der Waals surface area contributed by atoms with Crippen molar-refractivity contribution in [3.8, 4) is 0 Å². The van der Waals surface area contributed by atoms with Gasteiger partial charge in [-0.05, 0) is 42.4 Å². The van der Waals surface area contributed by atoms with Gasteiger partial charge >= 0.3 is 0 Å². The molecule has 0 aromatic heterocycles. The van der Waals surface area contributed by atoms with Crippen molar-refractivity contribution in [3.63, 3.8) is 0 Å². The Morgan fingerprint density at radius 3 is 2.88 bits per heavy atom. The van der Waals surface area contributed by atoms with Crippen molar-refractivity contribution in [2.45, 2.75) is 25.7 Å². The Hall–Kier alpha value is -1.57. The van der Waals surface area contributed by atoms with E-state index < -0.39 is 0 Å². The molecular weight excluding hydrogens is 198 g/mol. The number of aryl methyl sites for hydroxylation is 1. The van der Waals surface area contributed by atoms with Crippen LogP contribution in [0.3, 0.4) is 0 Å². The summed E-state index contributed by atoms with van der Waals surface area (Å²) in [6.07, 6.45) is 5.29. The van der Waals surface area contributed by atoms with E-state index in [1.54, 1.807) is 0 Å². The van der Waals surface area contributed by atoms with Crippen LogP contribution in [0, 0.1) is 0 Å². The number of hydrogen-bond acceptors (Lipinski definition) is 1. The Labute approximate surface area is 95.6 Å². The van der Waals surface area contributed by atoms with E-state index in [2.05, 4.69) is 24.3 Å². The monoisotopic (exact) mass is 213 g/mol. The summed E-state index contributed by atoms with van der Waals surface area (Å²) in [5.41, 5.74) is 5.48. The third-order valence-corrected chi connectivity index (χ3v) is 3.62. The number of carbonyl (C=O) groups is 1. The maximum atomic E-state index is 11.0. The van der Waals surface area contributed by atoms with E-state index in [-0.39, 0.29) is 0 Å². The summed E-state index contributed by atoms with van der Waals surface area (Å²) in [6, 6.07) is 8.59. The van der Waals surface area contributed by atoms with Crippen molar-refractivity contribution >= 4 is 12.0 Å². The minimum Gasteiger partial charge on any atom is -0.318 e. The fourth-order valence-corrected chi connectivity index (χ4v) is 2.87. The summed E-state index contributed by atoms with van der Waals surface area (Å²) >= 11 is 0. The Balaban J connectivity index is 2.13. The predicted octanol–water partition coefficient (Wildman–Crippen LogP) is 2.60. The van der Waals surface area contributed by atoms with Crippen molar-refractivity contribution in [1.82, 2.24) is 4.90 Å². The minimum atomic E-state index is 0.893. The molecule has 0 atom stereocenters. The zero-order valence-electron chi connectivity index (χ0n) is 9.28. The Morgan fingerprint density at radius 1 is 1.12 bits per heavy atom. The fraction of sp³-hybridized carbons (Fsp3) is 0.357. The standard InChI is InChI=1S/C14H15NO/c16-10-15-9-3-6-13-12-5-2-1-4-11(12)7-8-14(13)15/h1-2,4-5,10H,3,6-9H2. The van der Waals surface area contributed by atoms with Crippen LogP contribution in [0.25, 0.3) is 5.57 Å². The maximum absolute atomic E-state index is 11.0. The number of fused-ring (bicyclic) bond motifs is 2. The molecule has 1 aromatic carbocycles. The van der Waals surface area contributed by atoms with Gasteiger partial charge in [-0.1, -0.05) is 24.3 Å². The van der Waals surface area contributed by atoms with Gasteiger partial charge in [-0.2, -0.15) is 0 Å². The summed E-state index contributed by atoms with van der Waals surface area (Å²) in [4.78, 5) is 12.9. The van der Waals surface area contributed by atoms with Crippen LogP contribution in [0.1, 0.15) is 30.4 Å². The van der Waals surface area contributed by atoms with Crippen LogP contribution in [0.2, 0.25) is 0 Å². The van der Waals surface area contributed by atoms with Crippen molar-refractivity contribution in [3.05, 3.63) is 41.1 Å². The molecule has 16 heavy (non-hydrogen) atoms. The predicted molar refractivity (Wildman–Crippen MR) is 63.7 cm³/mol. The third-order valence-electron chi connectivity index (χ3n) is 3.62. The minimum absolute atomic E-state index is 0.893. The lowest BCUT2D eigenvalue weighted by Gasteiger charge is -2.33. The van der Waals surface area contributed by atoms with Crippen molar-refractivity contribution in [2.24, 2.45) is 0 Å². The molecule has 0 unspecified atom stereocenters. The number of rotatable bonds is 1. The average Bonchev–Trinajstić information content (AvgIpc) is 2.37. The van der Waals surface area contributed by atoms with E-state index >= 15 is 0 Å². The van der Waals surface area contributed by atoms with E-state index in [9.17, 15) is 4.79 Å². The lowest BCUT2D eigenvalue weighted by atomic mass is 9.84. The summed E-state index contributed by atoms with van der Waals surface area (Å²) < 4.78 is 0. The smallest absolute Gasteiger partial charge is 0.213 e. The summed E-state index contributed by atoms with van der Waals surface area (Å²) in [7, 11) is 0. The first kappa shape index (κ1) is 9.64. The third kappa shape index (κ3) is 1.37. The summed E-state index contributed by atoms with van der Waals surface area (Å²) in [5.74, 6) is 0. The zero-order chi connectivity index (χ0) is 11.0. The zero-order valence-corrected chi connectivity index (χ0v) is 9.28. The highest BCUT2D eigenvalue weighted by Crippen LogP contribution is 2.37. The molecule has 2 heteroatoms. The Bertz CT molecular complexity index is 462. The molecule has 82 valence electrons. The van der Waals surface area contributed by atoms with Crippen LogP contribution >= 0.6 is 0 Å². The van der Waals surface area contributed by atoms with Gasteiger partial charge in [-0.15, -0.1) is 0 Å². The SMILES string of the molecule is O=CN1CCCC2=C1CCc1ccccc12. The number of hydrogen-bond donors (Lipinski definition) is 0. The molecule has 3 rings (SSSR count). The molecule has 2 aliphatic rings. The number of nitrogens with zero attached hydrogens (tertiary/aromatic N) is 1. The van der Waals surface area contributed by atoms with E-state index in [0.29, 0.717) is 0 Å². The number of allylic oxidation sites excluding steroid dienone is 2. The second kappa shape index (κ2) is 3.78. The molecule has 0 bridgehead atoms. The summed E-state index contributed by atoms with van der Waals surface area (Å²) in [5, 5.41) is 0. The first-order chi connectivity index (χ1) is 7.90. The molecule has 0 saturated heterocycles. The van der Waals surface area contributed by atoms with Gasteiger partial charge in [0.25, 0.3) is 0 Å². The largest absolute Gasteiger partial charge is 0.318 e. The summed E-state index contributed by atoms with van der Waals surface area (Å²) in [6.45, 7) is 0.893. The first-order valence-electron chi connectivity index (χ1n) is 5.92. The van der Waals surface area contributed by atoms with Gasteiger partial charge < -0.3 is 4.90 Å². The molecule has 1 aromatic rings.